The summed E-state index contributed by atoms with van der Waals surface area (Å²) in [4.78, 5) is 13.7. The maximum Gasteiger partial charge on any atom is 0.370 e. The van der Waals surface area contributed by atoms with E-state index in [2.05, 4.69) is 23.5 Å². The zero-order valence-corrected chi connectivity index (χ0v) is 21.2. The van der Waals surface area contributed by atoms with Crippen LogP contribution in [0, 0.1) is 5.41 Å². The zero-order chi connectivity index (χ0) is 24.9. The van der Waals surface area contributed by atoms with Crippen LogP contribution < -0.4 is 9.64 Å². The molecule has 1 aliphatic heterocycles. The number of carbonyl (C=O) groups excluding carboxylic acids is 1. The van der Waals surface area contributed by atoms with E-state index in [4.69, 9.17) is 16.3 Å². The Morgan fingerprint density at radius 1 is 1.26 bits per heavy atom. The van der Waals surface area contributed by atoms with E-state index >= 15 is 0 Å². The van der Waals surface area contributed by atoms with Gasteiger partial charge in [0.1, 0.15) is 12.0 Å². The Labute approximate surface area is 206 Å². The fraction of sp³-hybridized carbons (Fsp3) is 0.400. The first-order chi connectivity index (χ1) is 16.2. The maximum atomic E-state index is 13.8. The fourth-order valence-corrected chi connectivity index (χ4v) is 6.70. The molecule has 0 spiro atoms. The molecule has 0 aliphatic carbocycles. The molecule has 34 heavy (non-hydrogen) atoms. The van der Waals surface area contributed by atoms with E-state index in [1.807, 2.05) is 30.3 Å². The van der Waals surface area contributed by atoms with Crippen molar-refractivity contribution in [3.8, 4) is 5.75 Å². The molecule has 0 fully saturated rings. The largest absolute Gasteiger partial charge is 0.464 e. The van der Waals surface area contributed by atoms with Gasteiger partial charge in [0.05, 0.1) is 22.7 Å². The van der Waals surface area contributed by atoms with Gasteiger partial charge < -0.3 is 14.4 Å². The third kappa shape index (κ3) is 5.68. The molecule has 0 bridgehead atoms. The van der Waals surface area contributed by atoms with Gasteiger partial charge >= 0.3 is 5.97 Å². The molecule has 2 N–H and O–H groups in total. The minimum Gasteiger partial charge on any atom is -0.464 e. The van der Waals surface area contributed by atoms with E-state index in [-0.39, 0.29) is 26.8 Å². The molecule has 0 amide bonds. The Morgan fingerprint density at radius 2 is 1.97 bits per heavy atom. The van der Waals surface area contributed by atoms with Crippen molar-refractivity contribution < 1.29 is 27.8 Å². The Bertz CT molecular complexity index is 1050. The van der Waals surface area contributed by atoms with E-state index < -0.39 is 22.4 Å². The standard InChI is InChI=1S/C25H31ClFNO5S/c1-4-6-12-25(5-2)16-28(18-10-8-7-9-11-18)21-13-19(26)22(14-23(21)34(30,31)17-25)33-15-20(27)24(29)32-3/h7-11,13-15,30-31H,4-6,12,16-17H2,1-3H3/b20-15-. The number of fused-ring (bicyclic) bond motifs is 1. The molecule has 186 valence electrons. The lowest BCUT2D eigenvalue weighted by Crippen LogP contribution is -2.37. The van der Waals surface area contributed by atoms with Gasteiger partial charge in [-0.2, -0.15) is 15.0 Å². The van der Waals surface area contributed by atoms with Crippen LogP contribution in [0.25, 0.3) is 0 Å². The van der Waals surface area contributed by atoms with Crippen LogP contribution in [-0.2, 0) is 9.53 Å². The Kier molecular flexibility index (Phi) is 8.52. The number of para-hydroxylation sites is 1. The number of nitrogens with zero attached hydrogens (tertiary/aromatic N) is 1. The number of methoxy groups -OCH3 is 1. The van der Waals surface area contributed by atoms with E-state index in [1.165, 1.54) is 6.07 Å². The van der Waals surface area contributed by atoms with Crippen molar-refractivity contribution in [2.45, 2.75) is 44.4 Å². The summed E-state index contributed by atoms with van der Waals surface area (Å²) in [6, 6.07) is 12.7. The van der Waals surface area contributed by atoms with Crippen LogP contribution >= 0.6 is 22.2 Å². The lowest BCUT2D eigenvalue weighted by molar-refractivity contribution is -0.137. The van der Waals surface area contributed by atoms with Crippen LogP contribution in [0.2, 0.25) is 5.02 Å². The highest BCUT2D eigenvalue weighted by molar-refractivity contribution is 8.24. The van der Waals surface area contributed by atoms with Crippen LogP contribution in [0.3, 0.4) is 0 Å². The molecule has 3 rings (SSSR count). The molecule has 9 heteroatoms. The molecule has 0 radical (unpaired) electrons. The number of hydrogen-bond donors (Lipinski definition) is 2. The van der Waals surface area contributed by atoms with Gasteiger partial charge in [-0.05, 0) is 31.0 Å². The topological polar surface area (TPSA) is 79.2 Å². The minimum absolute atomic E-state index is 0.00464. The average molecular weight is 512 g/mol. The van der Waals surface area contributed by atoms with E-state index in [0.717, 1.165) is 38.5 Å². The minimum atomic E-state index is -3.25. The number of rotatable bonds is 8. The Hall–Kier alpha value is -2.26. The number of carbonyl (C=O) groups is 1. The second-order valence-electron chi connectivity index (χ2n) is 8.52. The predicted octanol–water partition coefficient (Wildman–Crippen LogP) is 7.55. The summed E-state index contributed by atoms with van der Waals surface area (Å²) in [5.74, 6) is -2.23. The normalized spacial score (nSPS) is 20.8. The van der Waals surface area contributed by atoms with Gasteiger partial charge in [-0.25, -0.2) is 4.79 Å². The number of ether oxygens (including phenoxy) is 2. The summed E-state index contributed by atoms with van der Waals surface area (Å²) in [6.07, 6.45) is 4.17. The van der Waals surface area contributed by atoms with Crippen LogP contribution in [0.5, 0.6) is 5.75 Å². The average Bonchev–Trinajstić information content (AvgIpc) is 2.93. The highest BCUT2D eigenvalue weighted by atomic mass is 35.5. The van der Waals surface area contributed by atoms with E-state index in [9.17, 15) is 18.3 Å². The zero-order valence-electron chi connectivity index (χ0n) is 19.6. The van der Waals surface area contributed by atoms with Gasteiger partial charge in [0.2, 0.25) is 5.83 Å². The van der Waals surface area contributed by atoms with Crippen LogP contribution in [0.15, 0.2) is 59.4 Å². The van der Waals surface area contributed by atoms with Crippen molar-refractivity contribution in [2.24, 2.45) is 5.41 Å². The molecule has 0 saturated heterocycles. The molecule has 2 aromatic carbocycles. The fourth-order valence-electron chi connectivity index (χ4n) is 4.25. The Balaban J connectivity index is 2.15. The number of hydrogen-bond acceptors (Lipinski definition) is 6. The first kappa shape index (κ1) is 26.3. The highest BCUT2D eigenvalue weighted by Crippen LogP contribution is 2.61. The highest BCUT2D eigenvalue weighted by Gasteiger charge is 2.42. The van der Waals surface area contributed by atoms with Crippen molar-refractivity contribution in [1.82, 2.24) is 0 Å². The first-order valence-corrected chi connectivity index (χ1v) is 13.3. The SMILES string of the molecule is CCCCC1(CC)CN(c2ccccc2)c2cc(Cl)c(O/C=C(\F)C(=O)OC)cc2S(O)(O)C1. The van der Waals surface area contributed by atoms with Crippen LogP contribution in [0.4, 0.5) is 15.8 Å². The molecule has 2 aromatic rings. The summed E-state index contributed by atoms with van der Waals surface area (Å²) >= 11 is 6.47. The third-order valence-electron chi connectivity index (χ3n) is 6.21. The van der Waals surface area contributed by atoms with Gasteiger partial charge in [0, 0.05) is 29.5 Å². The van der Waals surface area contributed by atoms with E-state index in [1.54, 1.807) is 6.07 Å². The molecule has 6 nitrogen and oxygen atoms in total. The molecule has 0 saturated carbocycles. The van der Waals surface area contributed by atoms with Crippen molar-refractivity contribution in [3.63, 3.8) is 0 Å². The molecule has 1 atom stereocenters. The van der Waals surface area contributed by atoms with Crippen LogP contribution in [0.1, 0.15) is 39.5 Å². The second-order valence-corrected chi connectivity index (χ2v) is 11.0. The molecule has 0 aromatic heterocycles. The van der Waals surface area contributed by atoms with Gasteiger partial charge in [-0.3, -0.25) is 9.11 Å². The van der Waals surface area contributed by atoms with Gasteiger partial charge in [-0.15, -0.1) is 0 Å². The summed E-state index contributed by atoms with van der Waals surface area (Å²) in [6.45, 7) is 4.78. The third-order valence-corrected chi connectivity index (χ3v) is 8.55. The van der Waals surface area contributed by atoms with Crippen molar-refractivity contribution in [3.05, 3.63) is 59.6 Å². The quantitative estimate of drug-likeness (QED) is 0.216. The first-order valence-electron chi connectivity index (χ1n) is 11.2. The summed E-state index contributed by atoms with van der Waals surface area (Å²) in [5.41, 5.74) is 1.12. The number of unbranched alkanes of at least 4 members (excludes halogenated alkanes) is 1. The molecule has 1 heterocycles. The molecular weight excluding hydrogens is 481 g/mol. The van der Waals surface area contributed by atoms with Gasteiger partial charge in [0.15, 0.2) is 0 Å². The number of esters is 1. The summed E-state index contributed by atoms with van der Waals surface area (Å²) in [7, 11) is -2.20. The molecular formula is C25H31ClFNO5S. The van der Waals surface area contributed by atoms with Gasteiger partial charge in [-0.1, -0.05) is 56.5 Å². The summed E-state index contributed by atoms with van der Waals surface area (Å²) < 4.78 is 46.3. The number of benzene rings is 2. The van der Waals surface area contributed by atoms with Crippen molar-refractivity contribution >= 4 is 39.5 Å². The van der Waals surface area contributed by atoms with Crippen molar-refractivity contribution in [2.75, 3.05) is 24.3 Å². The number of halogens is 2. The smallest absolute Gasteiger partial charge is 0.370 e. The van der Waals surface area contributed by atoms with Crippen molar-refractivity contribution in [1.29, 1.82) is 0 Å². The lowest BCUT2D eigenvalue weighted by Gasteiger charge is -2.41. The van der Waals surface area contributed by atoms with E-state index in [0.29, 0.717) is 18.5 Å². The maximum absolute atomic E-state index is 13.8. The Morgan fingerprint density at radius 3 is 2.59 bits per heavy atom. The monoisotopic (exact) mass is 511 g/mol. The van der Waals surface area contributed by atoms with Gasteiger partial charge in [0.25, 0.3) is 0 Å². The van der Waals surface area contributed by atoms with Crippen LogP contribution in [-0.4, -0.2) is 34.5 Å². The predicted molar refractivity (Wildman–Crippen MR) is 135 cm³/mol. The molecule has 1 aliphatic rings. The second kappa shape index (κ2) is 11.0. The number of anilines is 2. The lowest BCUT2D eigenvalue weighted by atomic mass is 9.81. The molecule has 1 unspecified atom stereocenters. The summed E-state index contributed by atoms with van der Waals surface area (Å²) in [5, 5.41) is 0.140.